The quantitative estimate of drug-likeness (QED) is 0.132. The highest BCUT2D eigenvalue weighted by Crippen LogP contribution is 2.42. The first kappa shape index (κ1) is 27.1. The minimum absolute atomic E-state index is 0.119. The number of ether oxygens (including phenoxy) is 1. The summed E-state index contributed by atoms with van der Waals surface area (Å²) in [5.41, 5.74) is 8.76. The van der Waals surface area contributed by atoms with E-state index in [1.54, 1.807) is 18.0 Å². The highest BCUT2D eigenvalue weighted by atomic mass is 16.6. The van der Waals surface area contributed by atoms with E-state index in [4.69, 9.17) is 24.6 Å². The van der Waals surface area contributed by atoms with Gasteiger partial charge < -0.3 is 14.1 Å². The molecule has 7 rings (SSSR count). The van der Waals surface area contributed by atoms with Gasteiger partial charge in [-0.2, -0.15) is 0 Å². The van der Waals surface area contributed by atoms with E-state index in [1.807, 2.05) is 49.4 Å². The number of nitrogens with zero attached hydrogens (tertiary/aromatic N) is 6. The molecule has 0 spiro atoms. The Labute approximate surface area is 254 Å². The number of methoxy groups -OCH3 is 1. The van der Waals surface area contributed by atoms with Crippen molar-refractivity contribution in [3.8, 4) is 28.1 Å². The van der Waals surface area contributed by atoms with Crippen LogP contribution in [-0.4, -0.2) is 37.0 Å². The van der Waals surface area contributed by atoms with Crippen LogP contribution in [0, 0.1) is 0 Å². The van der Waals surface area contributed by atoms with Crippen molar-refractivity contribution in [1.82, 2.24) is 24.1 Å². The molecule has 0 bridgehead atoms. The monoisotopic (exact) mass is 578 g/mol. The maximum Gasteiger partial charge on any atom is 0.192 e. The number of rotatable bonds is 9. The maximum atomic E-state index is 5.72. The van der Waals surface area contributed by atoms with Crippen molar-refractivity contribution >= 4 is 22.4 Å². The molecule has 0 amide bonds. The minimum Gasteiger partial charge on any atom is -0.497 e. The molecule has 0 unspecified atom stereocenters. The third kappa shape index (κ3) is 5.18. The van der Waals surface area contributed by atoms with E-state index >= 15 is 0 Å². The average Bonchev–Trinajstić information content (AvgIpc) is 3.65. The van der Waals surface area contributed by atoms with Gasteiger partial charge in [-0.3, -0.25) is 0 Å². The zero-order chi connectivity index (χ0) is 29.9. The molecule has 8 heteroatoms. The number of hydrogen-bond acceptors (Lipinski definition) is 6. The molecule has 0 N–H and O–H groups in total. The fourth-order valence-corrected chi connectivity index (χ4v) is 5.51. The third-order valence-electron chi connectivity index (χ3n) is 7.62. The number of hydrogen-bond donors (Lipinski definition) is 0. The van der Waals surface area contributed by atoms with Gasteiger partial charge in [0, 0.05) is 12.1 Å². The highest BCUT2D eigenvalue weighted by Gasteiger charge is 2.25. The topological polar surface area (TPSA) is 78.8 Å². The molecular weight excluding hydrogens is 548 g/mol. The molecule has 0 saturated carbocycles. The van der Waals surface area contributed by atoms with E-state index in [1.165, 1.54) is 5.56 Å². The van der Waals surface area contributed by atoms with E-state index < -0.39 is 0 Å². The Morgan fingerprint density at radius 1 is 0.773 bits per heavy atom. The van der Waals surface area contributed by atoms with Gasteiger partial charge >= 0.3 is 0 Å². The summed E-state index contributed by atoms with van der Waals surface area (Å²) in [6.45, 7) is 2.67. The van der Waals surface area contributed by atoms with E-state index in [-0.39, 0.29) is 6.61 Å². The van der Waals surface area contributed by atoms with Crippen molar-refractivity contribution < 1.29 is 9.57 Å². The molecule has 3 aromatic heterocycles. The van der Waals surface area contributed by atoms with Crippen LogP contribution >= 0.6 is 0 Å². The van der Waals surface area contributed by atoms with Crippen molar-refractivity contribution in [2.24, 2.45) is 5.16 Å². The van der Waals surface area contributed by atoms with Crippen molar-refractivity contribution in [2.45, 2.75) is 20.1 Å². The van der Waals surface area contributed by atoms with Crippen LogP contribution in [0.4, 0.5) is 0 Å². The second-order valence-corrected chi connectivity index (χ2v) is 10.4. The molecule has 216 valence electrons. The number of benzene rings is 4. The Bertz CT molecular complexity index is 2070. The van der Waals surface area contributed by atoms with Gasteiger partial charge in [0.05, 0.1) is 23.9 Å². The molecular formula is C36H30N6O2. The second-order valence-electron chi connectivity index (χ2n) is 10.4. The maximum absolute atomic E-state index is 5.72. The summed E-state index contributed by atoms with van der Waals surface area (Å²) in [7, 11) is 1.65. The molecule has 0 radical (unpaired) electrons. The lowest BCUT2D eigenvalue weighted by atomic mass is 9.99. The van der Waals surface area contributed by atoms with E-state index in [0.717, 1.165) is 50.4 Å². The van der Waals surface area contributed by atoms with Crippen molar-refractivity contribution in [1.29, 1.82) is 0 Å². The van der Waals surface area contributed by atoms with Gasteiger partial charge in [-0.05, 0) is 53.4 Å². The Morgan fingerprint density at radius 3 is 2.11 bits per heavy atom. The van der Waals surface area contributed by atoms with Gasteiger partial charge in [-0.25, -0.2) is 14.5 Å². The summed E-state index contributed by atoms with van der Waals surface area (Å²) in [5.74, 6) is 1.31. The number of oxime groups is 1. The van der Waals surface area contributed by atoms with Crippen LogP contribution in [0.25, 0.3) is 39.1 Å². The smallest absolute Gasteiger partial charge is 0.192 e. The number of aromatic nitrogens is 5. The Hall–Kier alpha value is -5.76. The summed E-state index contributed by atoms with van der Waals surface area (Å²) in [6, 6.07) is 39.0. The van der Waals surface area contributed by atoms with Gasteiger partial charge in [0.25, 0.3) is 0 Å². The molecule has 7 aromatic rings. The molecule has 0 fully saturated rings. The molecule has 0 saturated heterocycles. The lowest BCUT2D eigenvalue weighted by Gasteiger charge is -2.13. The predicted octanol–water partition coefficient (Wildman–Crippen LogP) is 7.41. The van der Waals surface area contributed by atoms with Crippen LogP contribution in [0.3, 0.4) is 0 Å². The standard InChI is InChI=1S/C36H30N6O2/c1-25(27-18-20-30(43-2)21-19-27)40-44-23-31-38-36-33-32(28-14-8-4-9-15-28)34(29-16-10-5-11-17-29)41(22-26-12-6-3-7-13-26)35(33)37-24-42(36)39-31/h3-21,24H,22-23H2,1-2H3/b40-25+. The molecule has 0 aliphatic carbocycles. The third-order valence-corrected chi connectivity index (χ3v) is 7.62. The molecule has 8 nitrogen and oxygen atoms in total. The SMILES string of the molecule is COc1ccc(/C(C)=N/OCc2nc3c4c(-c5ccccc5)c(-c5ccccc5)n(Cc5ccccc5)c4ncn3n2)cc1. The summed E-state index contributed by atoms with van der Waals surface area (Å²) in [5, 5.41) is 9.96. The zero-order valence-electron chi connectivity index (χ0n) is 24.5. The first-order valence-corrected chi connectivity index (χ1v) is 14.4. The van der Waals surface area contributed by atoms with Crippen LogP contribution < -0.4 is 4.74 Å². The van der Waals surface area contributed by atoms with E-state index in [0.29, 0.717) is 18.0 Å². The first-order chi connectivity index (χ1) is 21.7. The van der Waals surface area contributed by atoms with Crippen molar-refractivity contribution in [3.05, 3.63) is 139 Å². The van der Waals surface area contributed by atoms with Crippen molar-refractivity contribution in [3.63, 3.8) is 0 Å². The zero-order valence-corrected chi connectivity index (χ0v) is 24.5. The fraction of sp³-hybridized carbons (Fsp3) is 0.111. The Balaban J connectivity index is 1.35. The van der Waals surface area contributed by atoms with E-state index in [2.05, 4.69) is 82.5 Å². The molecule has 0 atom stereocenters. The van der Waals surface area contributed by atoms with Gasteiger partial charge in [0.15, 0.2) is 18.1 Å². The normalized spacial score (nSPS) is 11.7. The minimum atomic E-state index is 0.119. The van der Waals surface area contributed by atoms with Crippen LogP contribution in [0.2, 0.25) is 0 Å². The lowest BCUT2D eigenvalue weighted by molar-refractivity contribution is 0.125. The summed E-state index contributed by atoms with van der Waals surface area (Å²) >= 11 is 0. The van der Waals surface area contributed by atoms with Crippen molar-refractivity contribution in [2.75, 3.05) is 7.11 Å². The predicted molar refractivity (Wildman–Crippen MR) is 173 cm³/mol. The molecule has 0 aliphatic heterocycles. The van der Waals surface area contributed by atoms with Gasteiger partial charge in [-0.1, -0.05) is 96.2 Å². The lowest BCUT2D eigenvalue weighted by Crippen LogP contribution is -2.03. The van der Waals surface area contributed by atoms with Crippen LogP contribution in [0.15, 0.2) is 127 Å². The van der Waals surface area contributed by atoms with Gasteiger partial charge in [0.1, 0.15) is 17.7 Å². The second kappa shape index (κ2) is 11.9. The average molecular weight is 579 g/mol. The summed E-state index contributed by atoms with van der Waals surface area (Å²) in [6.07, 6.45) is 1.73. The van der Waals surface area contributed by atoms with Crippen LogP contribution in [-0.2, 0) is 18.0 Å². The van der Waals surface area contributed by atoms with Crippen LogP contribution in [0.1, 0.15) is 23.9 Å². The largest absolute Gasteiger partial charge is 0.497 e. The summed E-state index contributed by atoms with van der Waals surface area (Å²) in [4.78, 5) is 15.6. The molecule has 0 aliphatic rings. The molecule has 44 heavy (non-hydrogen) atoms. The first-order valence-electron chi connectivity index (χ1n) is 14.4. The molecule has 3 heterocycles. The van der Waals surface area contributed by atoms with E-state index in [9.17, 15) is 0 Å². The number of fused-ring (bicyclic) bond motifs is 3. The van der Waals surface area contributed by atoms with Gasteiger partial charge in [0.2, 0.25) is 0 Å². The van der Waals surface area contributed by atoms with Gasteiger partial charge in [-0.15, -0.1) is 5.10 Å². The Morgan fingerprint density at radius 2 is 1.43 bits per heavy atom. The van der Waals surface area contributed by atoms with Crippen LogP contribution in [0.5, 0.6) is 5.75 Å². The molecule has 4 aromatic carbocycles. The highest BCUT2D eigenvalue weighted by molar-refractivity contribution is 6.09. The summed E-state index contributed by atoms with van der Waals surface area (Å²) < 4.78 is 9.27. The fourth-order valence-electron chi connectivity index (χ4n) is 5.51. The Kier molecular flexibility index (Phi) is 7.30.